The summed E-state index contributed by atoms with van der Waals surface area (Å²) in [5, 5.41) is 0. The molecule has 1 atom stereocenters. The Morgan fingerprint density at radius 1 is 1.30 bits per heavy atom. The molecule has 0 aromatic heterocycles. The fraction of sp³-hybridized carbons (Fsp3) is 0.364. The van der Waals surface area contributed by atoms with E-state index in [4.69, 9.17) is 0 Å². The molecule has 1 aromatic carbocycles. The van der Waals surface area contributed by atoms with Gasteiger partial charge < -0.3 is 4.90 Å². The highest BCUT2D eigenvalue weighted by molar-refractivity contribution is 14.1. The lowest BCUT2D eigenvalue weighted by Gasteiger charge is -2.18. The van der Waals surface area contributed by atoms with E-state index < -0.39 is 39.4 Å². The zero-order chi connectivity index (χ0) is 15.1. The zero-order valence-corrected chi connectivity index (χ0v) is 12.9. The van der Waals surface area contributed by atoms with Crippen LogP contribution < -0.4 is 4.90 Å². The highest BCUT2D eigenvalue weighted by Gasteiger charge is 2.34. The fourth-order valence-electron chi connectivity index (χ4n) is 2.13. The molecule has 1 aliphatic rings. The predicted molar refractivity (Wildman–Crippen MR) is 74.4 cm³/mol. The van der Waals surface area contributed by atoms with Crippen LogP contribution in [0.5, 0.6) is 0 Å². The molecule has 0 aliphatic carbocycles. The van der Waals surface area contributed by atoms with Crippen molar-refractivity contribution >= 4 is 44.4 Å². The minimum absolute atomic E-state index is 0.0386. The van der Waals surface area contributed by atoms with Crippen LogP contribution in [0.2, 0.25) is 0 Å². The number of amides is 1. The first-order valence-electron chi connectivity index (χ1n) is 5.54. The van der Waals surface area contributed by atoms with Gasteiger partial charge in [0.1, 0.15) is 0 Å². The summed E-state index contributed by atoms with van der Waals surface area (Å²) < 4.78 is 60.4. The molecule has 0 radical (unpaired) electrons. The van der Waals surface area contributed by atoms with Gasteiger partial charge in [0.15, 0.2) is 11.6 Å². The van der Waals surface area contributed by atoms with Gasteiger partial charge >= 0.3 is 10.2 Å². The number of carbonyl (C=O) groups is 1. The van der Waals surface area contributed by atoms with Crippen molar-refractivity contribution in [2.45, 2.75) is 6.42 Å². The summed E-state index contributed by atoms with van der Waals surface area (Å²) in [4.78, 5) is 13.0. The van der Waals surface area contributed by atoms with Crippen LogP contribution in [0.1, 0.15) is 6.42 Å². The first-order valence-corrected chi connectivity index (χ1v) is 8.18. The second-order valence-corrected chi connectivity index (χ2v) is 7.07. The van der Waals surface area contributed by atoms with Crippen LogP contribution in [0.15, 0.2) is 12.1 Å². The molecule has 1 aliphatic heterocycles. The molecule has 0 bridgehead atoms. The van der Waals surface area contributed by atoms with Crippen molar-refractivity contribution in [1.29, 1.82) is 0 Å². The standard InChI is InChI=1S/C11H9F3INO3S/c12-7-2-9(15)10(3-8(7)13)16-4-6(1-11(16)17)5-20(14,18)19/h2-3,6H,1,4-5H2. The van der Waals surface area contributed by atoms with Crippen molar-refractivity contribution in [3.05, 3.63) is 27.3 Å². The van der Waals surface area contributed by atoms with Crippen molar-refractivity contribution in [3.8, 4) is 0 Å². The SMILES string of the molecule is O=C1CC(CS(=O)(=O)F)CN1c1cc(F)c(F)cc1I. The quantitative estimate of drug-likeness (QED) is 0.429. The fourth-order valence-corrected chi connectivity index (χ4v) is 3.63. The van der Waals surface area contributed by atoms with Crippen molar-refractivity contribution in [3.63, 3.8) is 0 Å². The van der Waals surface area contributed by atoms with Crippen molar-refractivity contribution in [2.24, 2.45) is 5.92 Å². The summed E-state index contributed by atoms with van der Waals surface area (Å²) in [5.74, 6) is -4.03. The molecule has 1 aromatic rings. The minimum Gasteiger partial charge on any atom is -0.311 e. The molecule has 1 saturated heterocycles. The topological polar surface area (TPSA) is 54.5 Å². The third-order valence-electron chi connectivity index (χ3n) is 2.92. The maximum Gasteiger partial charge on any atom is 0.302 e. The van der Waals surface area contributed by atoms with Crippen LogP contribution in [0.4, 0.5) is 18.4 Å². The molecule has 4 nitrogen and oxygen atoms in total. The average molecular weight is 419 g/mol. The molecule has 2 rings (SSSR count). The Hall–Kier alpha value is -0.840. The van der Waals surface area contributed by atoms with E-state index in [1.807, 2.05) is 0 Å². The molecule has 1 unspecified atom stereocenters. The van der Waals surface area contributed by atoms with Crippen LogP contribution >= 0.6 is 22.6 Å². The Labute approximate surface area is 127 Å². The van der Waals surface area contributed by atoms with Gasteiger partial charge in [0.05, 0.1) is 11.4 Å². The smallest absolute Gasteiger partial charge is 0.302 e. The molecule has 0 saturated carbocycles. The monoisotopic (exact) mass is 419 g/mol. The summed E-state index contributed by atoms with van der Waals surface area (Å²) in [6.45, 7) is -0.0386. The number of rotatable bonds is 3. The molecule has 110 valence electrons. The number of carbonyl (C=O) groups excluding carboxylic acids is 1. The van der Waals surface area contributed by atoms with Crippen molar-refractivity contribution in [1.82, 2.24) is 0 Å². The number of anilines is 1. The Balaban J connectivity index is 2.26. The summed E-state index contributed by atoms with van der Waals surface area (Å²) in [5.41, 5.74) is 0.160. The molecule has 1 amide bonds. The zero-order valence-electron chi connectivity index (χ0n) is 9.95. The van der Waals surface area contributed by atoms with Gasteiger partial charge in [-0.1, -0.05) is 0 Å². The predicted octanol–water partition coefficient (Wildman–Crippen LogP) is 2.22. The number of nitrogens with zero attached hydrogens (tertiary/aromatic N) is 1. The van der Waals surface area contributed by atoms with Gasteiger partial charge in [-0.2, -0.15) is 8.42 Å². The minimum atomic E-state index is -4.68. The van der Waals surface area contributed by atoms with Gasteiger partial charge in [-0.15, -0.1) is 3.89 Å². The van der Waals surface area contributed by atoms with Crippen LogP contribution in [-0.2, 0) is 15.0 Å². The highest BCUT2D eigenvalue weighted by atomic mass is 127. The van der Waals surface area contributed by atoms with E-state index in [0.29, 0.717) is 3.57 Å². The molecule has 0 N–H and O–H groups in total. The number of hydrogen-bond donors (Lipinski definition) is 0. The third-order valence-corrected chi connectivity index (χ3v) is 4.65. The lowest BCUT2D eigenvalue weighted by Crippen LogP contribution is -2.26. The number of hydrogen-bond acceptors (Lipinski definition) is 3. The summed E-state index contributed by atoms with van der Waals surface area (Å²) in [6, 6.07) is 1.82. The van der Waals surface area contributed by atoms with E-state index in [1.54, 1.807) is 22.6 Å². The Morgan fingerprint density at radius 3 is 2.50 bits per heavy atom. The second kappa shape index (κ2) is 5.51. The third kappa shape index (κ3) is 3.43. The molecule has 1 heterocycles. The molecule has 9 heteroatoms. The molecular formula is C11H9F3INO3S. The van der Waals surface area contributed by atoms with Crippen molar-refractivity contribution < 1.29 is 25.9 Å². The largest absolute Gasteiger partial charge is 0.311 e. The van der Waals surface area contributed by atoms with Crippen LogP contribution in [0.25, 0.3) is 0 Å². The average Bonchev–Trinajstić information content (AvgIpc) is 2.62. The molecule has 0 spiro atoms. The van der Waals surface area contributed by atoms with Crippen LogP contribution in [0, 0.1) is 21.1 Å². The summed E-state index contributed by atoms with van der Waals surface area (Å²) in [6.07, 6.45) is -0.141. The number of benzene rings is 1. The van der Waals surface area contributed by atoms with Gasteiger partial charge in [-0.05, 0) is 28.7 Å². The van der Waals surface area contributed by atoms with Crippen LogP contribution in [-0.4, -0.2) is 26.6 Å². The normalized spacial score (nSPS) is 19.7. The van der Waals surface area contributed by atoms with E-state index in [2.05, 4.69) is 0 Å². The van der Waals surface area contributed by atoms with E-state index in [0.717, 1.165) is 17.0 Å². The first-order chi connectivity index (χ1) is 9.17. The van der Waals surface area contributed by atoms with Gasteiger partial charge in [-0.25, -0.2) is 8.78 Å². The van der Waals surface area contributed by atoms with Gasteiger partial charge in [-0.3, -0.25) is 4.79 Å². The van der Waals surface area contributed by atoms with Gasteiger partial charge in [0.2, 0.25) is 5.91 Å². The van der Waals surface area contributed by atoms with Crippen LogP contribution in [0.3, 0.4) is 0 Å². The van der Waals surface area contributed by atoms with Crippen molar-refractivity contribution in [2.75, 3.05) is 17.2 Å². The van der Waals surface area contributed by atoms with E-state index in [9.17, 15) is 25.9 Å². The Kier molecular flexibility index (Phi) is 4.28. The summed E-state index contributed by atoms with van der Waals surface area (Å²) >= 11 is 1.74. The maximum absolute atomic E-state index is 13.2. The lowest BCUT2D eigenvalue weighted by atomic mass is 10.1. The molecule has 20 heavy (non-hydrogen) atoms. The molecule has 1 fully saturated rings. The lowest BCUT2D eigenvalue weighted by molar-refractivity contribution is -0.117. The van der Waals surface area contributed by atoms with E-state index in [1.165, 1.54) is 0 Å². The Bertz CT molecular complexity index is 665. The van der Waals surface area contributed by atoms with Gasteiger partial charge in [0.25, 0.3) is 0 Å². The highest BCUT2D eigenvalue weighted by Crippen LogP contribution is 2.31. The second-order valence-electron chi connectivity index (χ2n) is 4.50. The van der Waals surface area contributed by atoms with E-state index >= 15 is 0 Å². The maximum atomic E-state index is 13.2. The summed E-state index contributed by atoms with van der Waals surface area (Å²) in [7, 11) is -4.68. The number of halogens is 4. The first kappa shape index (κ1) is 15.5. The molecular weight excluding hydrogens is 410 g/mol. The van der Waals surface area contributed by atoms with E-state index in [-0.39, 0.29) is 18.7 Å². The van der Waals surface area contributed by atoms with Gasteiger partial charge in [0, 0.05) is 28.5 Å². The Morgan fingerprint density at radius 2 is 1.90 bits per heavy atom.